The number of aryl methyl sites for hydroxylation is 1. The van der Waals surface area contributed by atoms with Crippen molar-refractivity contribution in [3.63, 3.8) is 0 Å². The molecular formula is C36H29N3O3. The van der Waals surface area contributed by atoms with Gasteiger partial charge in [-0.25, -0.2) is 9.78 Å². The molecule has 6 heteroatoms. The summed E-state index contributed by atoms with van der Waals surface area (Å²) in [5, 5.41) is 11.2. The molecule has 0 bridgehead atoms. The quantitative estimate of drug-likeness (QED) is 0.220. The lowest BCUT2D eigenvalue weighted by Crippen LogP contribution is -2.13. The second-order valence-electron chi connectivity index (χ2n) is 10.1. The SMILES string of the molecule is CCn1c(C)c(C(=O)c2nc3ccccc3cc2C(=O)O)c2ccccc21.c1ccc(-c2cc3ccccn3c2)cc1. The summed E-state index contributed by atoms with van der Waals surface area (Å²) in [6.07, 6.45) is 4.23. The van der Waals surface area contributed by atoms with Gasteiger partial charge >= 0.3 is 5.97 Å². The van der Waals surface area contributed by atoms with E-state index in [1.165, 1.54) is 22.7 Å². The summed E-state index contributed by atoms with van der Waals surface area (Å²) in [6, 6.07) is 35.3. The van der Waals surface area contributed by atoms with Crippen LogP contribution in [0.2, 0.25) is 0 Å². The van der Waals surface area contributed by atoms with Gasteiger partial charge in [-0.2, -0.15) is 0 Å². The van der Waals surface area contributed by atoms with Crippen LogP contribution in [0.15, 0.2) is 122 Å². The molecule has 0 aliphatic carbocycles. The summed E-state index contributed by atoms with van der Waals surface area (Å²) in [5.41, 5.74) is 6.54. The number of rotatable bonds is 5. The molecule has 0 spiro atoms. The highest BCUT2D eigenvalue weighted by molar-refractivity contribution is 6.20. The normalized spacial score (nSPS) is 11.0. The van der Waals surface area contributed by atoms with E-state index >= 15 is 0 Å². The number of nitrogens with zero attached hydrogens (tertiary/aromatic N) is 3. The van der Waals surface area contributed by atoms with Crippen LogP contribution in [0.1, 0.15) is 39.0 Å². The minimum Gasteiger partial charge on any atom is -0.478 e. The molecule has 4 aromatic heterocycles. The largest absolute Gasteiger partial charge is 0.478 e. The number of aromatic carboxylic acids is 1. The van der Waals surface area contributed by atoms with Gasteiger partial charge in [0.1, 0.15) is 5.69 Å². The standard InChI is InChI=1S/C22H18N2O3.C14H11N/c1-3-24-13(2)19(15-9-5-7-11-18(15)24)21(25)20-16(22(26)27)12-14-8-4-6-10-17(14)23-20;1-2-6-12(7-3-1)13-10-14-8-4-5-9-15(14)11-13/h4-12H,3H2,1-2H3,(H,26,27);1-11H. The summed E-state index contributed by atoms with van der Waals surface area (Å²) in [4.78, 5) is 29.7. The van der Waals surface area contributed by atoms with Gasteiger partial charge in [-0.05, 0) is 55.8 Å². The number of carbonyl (C=O) groups is 2. The summed E-state index contributed by atoms with van der Waals surface area (Å²) in [5.74, 6) is -1.52. The van der Waals surface area contributed by atoms with Gasteiger partial charge in [-0.1, -0.05) is 72.8 Å². The molecule has 7 rings (SSSR count). The maximum Gasteiger partial charge on any atom is 0.338 e. The third kappa shape index (κ3) is 4.84. The zero-order valence-electron chi connectivity index (χ0n) is 23.4. The fourth-order valence-electron chi connectivity index (χ4n) is 5.54. The van der Waals surface area contributed by atoms with E-state index in [0.717, 1.165) is 23.1 Å². The van der Waals surface area contributed by atoms with E-state index in [1.54, 1.807) is 12.1 Å². The number of carboxylic acids is 1. The Morgan fingerprint density at radius 1 is 0.810 bits per heavy atom. The number of carbonyl (C=O) groups excluding carboxylic acids is 1. The summed E-state index contributed by atoms with van der Waals surface area (Å²) >= 11 is 0. The Morgan fingerprint density at radius 3 is 2.29 bits per heavy atom. The van der Waals surface area contributed by atoms with Gasteiger partial charge in [-0.3, -0.25) is 4.79 Å². The maximum absolute atomic E-state index is 13.4. The summed E-state index contributed by atoms with van der Waals surface area (Å²) in [7, 11) is 0. The van der Waals surface area contributed by atoms with Gasteiger partial charge in [0, 0.05) is 52.0 Å². The molecule has 6 nitrogen and oxygen atoms in total. The molecule has 1 N–H and O–H groups in total. The molecule has 0 saturated heterocycles. The van der Waals surface area contributed by atoms with Crippen molar-refractivity contribution in [1.29, 1.82) is 0 Å². The number of hydrogen-bond donors (Lipinski definition) is 1. The second kappa shape index (κ2) is 11.2. The Balaban J connectivity index is 0.000000177. The average Bonchev–Trinajstić information content (AvgIpc) is 3.59. The van der Waals surface area contributed by atoms with Crippen molar-refractivity contribution >= 4 is 39.1 Å². The van der Waals surface area contributed by atoms with Gasteiger partial charge in [0.05, 0.1) is 16.6 Å². The van der Waals surface area contributed by atoms with E-state index in [4.69, 9.17) is 0 Å². The Kier molecular flexibility index (Phi) is 7.11. The molecule has 7 aromatic rings. The van der Waals surface area contributed by atoms with E-state index in [1.807, 2.05) is 62.4 Å². The third-order valence-corrected chi connectivity index (χ3v) is 7.56. The van der Waals surface area contributed by atoms with Crippen molar-refractivity contribution in [3.05, 3.63) is 144 Å². The first-order valence-electron chi connectivity index (χ1n) is 13.8. The number of ketones is 1. The lowest BCUT2D eigenvalue weighted by atomic mass is 9.99. The fraction of sp³-hybridized carbons (Fsp3) is 0.0833. The van der Waals surface area contributed by atoms with Crippen molar-refractivity contribution < 1.29 is 14.7 Å². The minimum absolute atomic E-state index is 0.0247. The van der Waals surface area contributed by atoms with Crippen molar-refractivity contribution in [3.8, 4) is 11.1 Å². The van der Waals surface area contributed by atoms with E-state index in [-0.39, 0.29) is 17.0 Å². The fourth-order valence-corrected chi connectivity index (χ4v) is 5.54. The Hall–Kier alpha value is -5.49. The van der Waals surface area contributed by atoms with E-state index in [9.17, 15) is 14.7 Å². The smallest absolute Gasteiger partial charge is 0.338 e. The first-order chi connectivity index (χ1) is 20.5. The van der Waals surface area contributed by atoms with E-state index < -0.39 is 5.97 Å². The lowest BCUT2D eigenvalue weighted by Gasteiger charge is -2.08. The molecule has 0 atom stereocenters. The predicted molar refractivity (Wildman–Crippen MR) is 167 cm³/mol. The molecule has 0 aliphatic heterocycles. The van der Waals surface area contributed by atoms with Crippen LogP contribution >= 0.6 is 0 Å². The number of pyridine rings is 2. The Bertz CT molecular complexity index is 2050. The second-order valence-corrected chi connectivity index (χ2v) is 10.1. The maximum atomic E-state index is 13.4. The highest BCUT2D eigenvalue weighted by Crippen LogP contribution is 2.29. The predicted octanol–water partition coefficient (Wildman–Crippen LogP) is 8.05. The van der Waals surface area contributed by atoms with Crippen molar-refractivity contribution in [1.82, 2.24) is 14.0 Å². The number of hydrogen-bond acceptors (Lipinski definition) is 3. The number of para-hydroxylation sites is 2. The van der Waals surface area contributed by atoms with Crippen LogP contribution in [0.5, 0.6) is 0 Å². The minimum atomic E-state index is -1.16. The molecule has 0 aliphatic rings. The molecular weight excluding hydrogens is 522 g/mol. The molecule has 206 valence electrons. The average molecular weight is 552 g/mol. The van der Waals surface area contributed by atoms with Crippen molar-refractivity contribution in [2.24, 2.45) is 0 Å². The van der Waals surface area contributed by atoms with Gasteiger partial charge in [0.15, 0.2) is 0 Å². The Morgan fingerprint density at radius 2 is 1.52 bits per heavy atom. The zero-order chi connectivity index (χ0) is 29.2. The molecule has 0 saturated carbocycles. The number of carboxylic acid groups (broad SMARTS) is 1. The molecule has 0 amide bonds. The molecule has 42 heavy (non-hydrogen) atoms. The topological polar surface area (TPSA) is 76.6 Å². The molecule has 0 radical (unpaired) electrons. The van der Waals surface area contributed by atoms with E-state index in [2.05, 4.69) is 68.8 Å². The third-order valence-electron chi connectivity index (χ3n) is 7.56. The van der Waals surface area contributed by atoms with Gasteiger partial charge in [0.2, 0.25) is 5.78 Å². The van der Waals surface area contributed by atoms with Crippen LogP contribution in [0.3, 0.4) is 0 Å². The van der Waals surface area contributed by atoms with Gasteiger partial charge < -0.3 is 14.1 Å². The zero-order valence-corrected chi connectivity index (χ0v) is 23.4. The molecule has 3 aromatic carbocycles. The van der Waals surface area contributed by atoms with Crippen LogP contribution in [0.4, 0.5) is 0 Å². The summed E-state index contributed by atoms with van der Waals surface area (Å²) in [6.45, 7) is 4.62. The van der Waals surface area contributed by atoms with Gasteiger partial charge in [0.25, 0.3) is 0 Å². The van der Waals surface area contributed by atoms with Crippen molar-refractivity contribution in [2.45, 2.75) is 20.4 Å². The number of aromatic nitrogens is 3. The molecule has 4 heterocycles. The molecule has 0 fully saturated rings. The first kappa shape index (κ1) is 26.7. The highest BCUT2D eigenvalue weighted by Gasteiger charge is 2.26. The van der Waals surface area contributed by atoms with Crippen LogP contribution in [0.25, 0.3) is 38.4 Å². The first-order valence-corrected chi connectivity index (χ1v) is 13.8. The molecule has 0 unspecified atom stereocenters. The van der Waals surface area contributed by atoms with Crippen LogP contribution in [-0.4, -0.2) is 30.8 Å². The number of benzene rings is 3. The van der Waals surface area contributed by atoms with Crippen LogP contribution < -0.4 is 0 Å². The van der Waals surface area contributed by atoms with Crippen LogP contribution in [0, 0.1) is 6.92 Å². The van der Waals surface area contributed by atoms with Gasteiger partial charge in [-0.15, -0.1) is 0 Å². The summed E-state index contributed by atoms with van der Waals surface area (Å²) < 4.78 is 4.20. The lowest BCUT2D eigenvalue weighted by molar-refractivity contribution is 0.0692. The van der Waals surface area contributed by atoms with Crippen LogP contribution in [-0.2, 0) is 6.54 Å². The van der Waals surface area contributed by atoms with E-state index in [0.29, 0.717) is 16.5 Å². The van der Waals surface area contributed by atoms with Crippen molar-refractivity contribution in [2.75, 3.05) is 0 Å². The highest BCUT2D eigenvalue weighted by atomic mass is 16.4. The Labute approximate surface area is 243 Å². The monoisotopic (exact) mass is 551 g/mol. The number of fused-ring (bicyclic) bond motifs is 3.